The molecule has 2 rings (SSSR count). The molecule has 2 aromatic carbocycles. The molecule has 0 atom stereocenters. The van der Waals surface area contributed by atoms with Gasteiger partial charge in [0.25, 0.3) is 10.0 Å². The average molecular weight is 349 g/mol. The van der Waals surface area contributed by atoms with Crippen molar-refractivity contribution in [3.63, 3.8) is 0 Å². The molecule has 0 spiro atoms. The number of nitrogens with zero attached hydrogens (tertiary/aromatic N) is 1. The highest BCUT2D eigenvalue weighted by atomic mass is 32.2. The number of aryl methyl sites for hydroxylation is 2. The molecule has 0 aromatic heterocycles. The SMILES string of the molecule is C=CCN(c1ccc(C)c(C)c1)S(=O)(=O)c1ccc(OC)c(F)c1. The number of halogens is 1. The zero-order valence-electron chi connectivity index (χ0n) is 13.9. The number of methoxy groups -OCH3 is 1. The van der Waals surface area contributed by atoms with Gasteiger partial charge < -0.3 is 4.74 Å². The van der Waals surface area contributed by atoms with E-state index in [1.54, 1.807) is 12.1 Å². The van der Waals surface area contributed by atoms with Crippen molar-refractivity contribution in [1.29, 1.82) is 0 Å². The van der Waals surface area contributed by atoms with Crippen molar-refractivity contribution in [2.75, 3.05) is 18.0 Å². The van der Waals surface area contributed by atoms with Gasteiger partial charge in [-0.05, 0) is 55.3 Å². The molecule has 0 amide bonds. The van der Waals surface area contributed by atoms with E-state index in [4.69, 9.17) is 4.74 Å². The third-order valence-electron chi connectivity index (χ3n) is 3.78. The van der Waals surface area contributed by atoms with Crippen LogP contribution in [-0.2, 0) is 10.0 Å². The van der Waals surface area contributed by atoms with E-state index in [1.165, 1.54) is 29.6 Å². The van der Waals surface area contributed by atoms with Crippen LogP contribution in [-0.4, -0.2) is 22.1 Å². The second-order valence-corrected chi connectivity index (χ2v) is 7.25. The van der Waals surface area contributed by atoms with Crippen LogP contribution in [0.4, 0.5) is 10.1 Å². The van der Waals surface area contributed by atoms with E-state index in [2.05, 4.69) is 6.58 Å². The first-order valence-electron chi connectivity index (χ1n) is 7.35. The Balaban J connectivity index is 2.54. The van der Waals surface area contributed by atoms with E-state index in [1.807, 2.05) is 19.9 Å². The van der Waals surface area contributed by atoms with Crippen molar-refractivity contribution in [3.8, 4) is 5.75 Å². The molecule has 0 N–H and O–H groups in total. The van der Waals surface area contributed by atoms with Crippen LogP contribution in [0.2, 0.25) is 0 Å². The monoisotopic (exact) mass is 349 g/mol. The Morgan fingerprint density at radius 2 is 1.88 bits per heavy atom. The van der Waals surface area contributed by atoms with Crippen molar-refractivity contribution in [2.24, 2.45) is 0 Å². The molecular weight excluding hydrogens is 329 g/mol. The molecular formula is C18H20FNO3S. The smallest absolute Gasteiger partial charge is 0.264 e. The summed E-state index contributed by atoms with van der Waals surface area (Å²) in [5, 5.41) is 0. The van der Waals surface area contributed by atoms with Gasteiger partial charge in [-0.15, -0.1) is 6.58 Å². The molecule has 0 unspecified atom stereocenters. The van der Waals surface area contributed by atoms with Gasteiger partial charge in [0.2, 0.25) is 0 Å². The minimum atomic E-state index is -3.93. The molecule has 4 nitrogen and oxygen atoms in total. The molecule has 0 heterocycles. The fraction of sp³-hybridized carbons (Fsp3) is 0.222. The molecule has 0 aliphatic heterocycles. The molecule has 0 fully saturated rings. The summed E-state index contributed by atoms with van der Waals surface area (Å²) < 4.78 is 45.8. The maximum Gasteiger partial charge on any atom is 0.264 e. The van der Waals surface area contributed by atoms with Gasteiger partial charge >= 0.3 is 0 Å². The van der Waals surface area contributed by atoms with Crippen LogP contribution in [0.5, 0.6) is 5.75 Å². The first kappa shape index (κ1) is 18.0. The van der Waals surface area contributed by atoms with E-state index in [0.29, 0.717) is 5.69 Å². The van der Waals surface area contributed by atoms with Crippen molar-refractivity contribution in [3.05, 3.63) is 66.0 Å². The molecule has 24 heavy (non-hydrogen) atoms. The first-order valence-corrected chi connectivity index (χ1v) is 8.79. The van der Waals surface area contributed by atoms with Gasteiger partial charge in [0, 0.05) is 0 Å². The Labute approximate surface area is 142 Å². The number of ether oxygens (including phenoxy) is 1. The normalized spacial score (nSPS) is 11.2. The average Bonchev–Trinajstić information content (AvgIpc) is 2.55. The largest absolute Gasteiger partial charge is 0.494 e. The van der Waals surface area contributed by atoms with Crippen LogP contribution >= 0.6 is 0 Å². The fourth-order valence-electron chi connectivity index (χ4n) is 2.28. The predicted octanol–water partition coefficient (Wildman–Crippen LogP) is 3.83. The number of anilines is 1. The Bertz CT molecular complexity index is 863. The Kier molecular flexibility index (Phi) is 5.29. The second kappa shape index (κ2) is 7.05. The molecule has 0 aliphatic rings. The van der Waals surface area contributed by atoms with E-state index < -0.39 is 15.8 Å². The minimum Gasteiger partial charge on any atom is -0.494 e. The van der Waals surface area contributed by atoms with Crippen molar-refractivity contribution in [1.82, 2.24) is 0 Å². The molecule has 0 saturated heterocycles. The number of benzene rings is 2. The van der Waals surface area contributed by atoms with Crippen LogP contribution in [0.1, 0.15) is 11.1 Å². The zero-order chi connectivity index (χ0) is 17.9. The minimum absolute atomic E-state index is 0.00426. The van der Waals surface area contributed by atoms with Gasteiger partial charge in [-0.1, -0.05) is 12.1 Å². The van der Waals surface area contributed by atoms with Crippen molar-refractivity contribution in [2.45, 2.75) is 18.7 Å². The highest BCUT2D eigenvalue weighted by Crippen LogP contribution is 2.28. The molecule has 0 radical (unpaired) electrons. The molecule has 0 saturated carbocycles. The quantitative estimate of drug-likeness (QED) is 0.745. The summed E-state index contributed by atoms with van der Waals surface area (Å²) >= 11 is 0. The molecule has 0 bridgehead atoms. The van der Waals surface area contributed by atoms with Crippen molar-refractivity contribution < 1.29 is 17.5 Å². The summed E-state index contributed by atoms with van der Waals surface area (Å²) in [6.45, 7) is 7.56. The highest BCUT2D eigenvalue weighted by Gasteiger charge is 2.25. The van der Waals surface area contributed by atoms with Gasteiger partial charge in [0.15, 0.2) is 11.6 Å². The topological polar surface area (TPSA) is 46.6 Å². The molecule has 0 aliphatic carbocycles. The van der Waals surface area contributed by atoms with Crippen LogP contribution in [0.15, 0.2) is 53.9 Å². The number of hydrogen-bond donors (Lipinski definition) is 0. The fourth-order valence-corrected chi connectivity index (χ4v) is 3.71. The van der Waals surface area contributed by atoms with E-state index in [-0.39, 0.29) is 17.2 Å². The molecule has 2 aromatic rings. The molecule has 128 valence electrons. The predicted molar refractivity (Wildman–Crippen MR) is 93.6 cm³/mol. The Morgan fingerprint density at radius 3 is 2.42 bits per heavy atom. The van der Waals surface area contributed by atoms with Gasteiger partial charge in [0.1, 0.15) is 0 Å². The first-order chi connectivity index (χ1) is 11.3. The van der Waals surface area contributed by atoms with E-state index >= 15 is 0 Å². The van der Waals surface area contributed by atoms with Gasteiger partial charge in [-0.25, -0.2) is 12.8 Å². The summed E-state index contributed by atoms with van der Waals surface area (Å²) in [6, 6.07) is 8.96. The number of rotatable bonds is 6. The summed E-state index contributed by atoms with van der Waals surface area (Å²) in [7, 11) is -2.60. The lowest BCUT2D eigenvalue weighted by Crippen LogP contribution is -2.31. The van der Waals surface area contributed by atoms with Crippen LogP contribution in [0, 0.1) is 19.7 Å². The summed E-state index contributed by atoms with van der Waals surface area (Å²) in [5.74, 6) is -0.729. The lowest BCUT2D eigenvalue weighted by molar-refractivity contribution is 0.385. The lowest BCUT2D eigenvalue weighted by Gasteiger charge is -2.24. The third kappa shape index (κ3) is 3.43. The third-order valence-corrected chi connectivity index (χ3v) is 5.57. The van der Waals surface area contributed by atoms with Gasteiger partial charge in [-0.3, -0.25) is 4.31 Å². The van der Waals surface area contributed by atoms with Gasteiger partial charge in [-0.2, -0.15) is 0 Å². The highest BCUT2D eigenvalue weighted by molar-refractivity contribution is 7.92. The summed E-state index contributed by atoms with van der Waals surface area (Å²) in [5.41, 5.74) is 2.54. The lowest BCUT2D eigenvalue weighted by atomic mass is 10.1. The maximum absolute atomic E-state index is 13.9. The standard InChI is InChI=1S/C18H20FNO3S/c1-5-10-20(15-7-6-13(2)14(3)11-15)24(21,22)16-8-9-18(23-4)17(19)12-16/h5-9,11-12H,1,10H2,2-4H3. The van der Waals surface area contributed by atoms with Crippen LogP contribution in [0.25, 0.3) is 0 Å². The second-order valence-electron chi connectivity index (χ2n) is 5.39. The molecule has 6 heteroatoms. The summed E-state index contributed by atoms with van der Waals surface area (Å²) in [4.78, 5) is -0.138. The van der Waals surface area contributed by atoms with Crippen molar-refractivity contribution >= 4 is 15.7 Å². The number of sulfonamides is 1. The summed E-state index contributed by atoms with van der Waals surface area (Å²) in [6.07, 6.45) is 1.49. The van der Waals surface area contributed by atoms with Crippen LogP contribution < -0.4 is 9.04 Å². The zero-order valence-corrected chi connectivity index (χ0v) is 14.7. The Morgan fingerprint density at radius 1 is 1.17 bits per heavy atom. The maximum atomic E-state index is 13.9. The Hall–Kier alpha value is -2.34. The van der Waals surface area contributed by atoms with E-state index in [9.17, 15) is 12.8 Å². The van der Waals surface area contributed by atoms with Crippen LogP contribution in [0.3, 0.4) is 0 Å². The number of hydrogen-bond acceptors (Lipinski definition) is 3. The van der Waals surface area contributed by atoms with Gasteiger partial charge in [0.05, 0.1) is 24.2 Å². The van der Waals surface area contributed by atoms with E-state index in [0.717, 1.165) is 17.2 Å².